The molecule has 0 spiro atoms. The van der Waals surface area contributed by atoms with Gasteiger partial charge in [-0.1, -0.05) is 84.9 Å². The lowest BCUT2D eigenvalue weighted by Gasteiger charge is -2.19. The zero-order valence-corrected chi connectivity index (χ0v) is 17.1. The Bertz CT molecular complexity index is 1250. The van der Waals surface area contributed by atoms with Gasteiger partial charge in [-0.05, 0) is 39.1 Å². The molecular weight excluding hydrogens is 386 g/mol. The molecule has 0 aliphatic heterocycles. The van der Waals surface area contributed by atoms with Crippen LogP contribution in [0.1, 0.15) is 11.1 Å². The minimum absolute atomic E-state index is 0.314. The first-order valence-electron chi connectivity index (χ1n) is 10.3. The Balaban J connectivity index is 1.43. The van der Waals surface area contributed by atoms with Crippen LogP contribution in [0, 0.1) is 0 Å². The fourth-order valence-corrected chi connectivity index (χ4v) is 3.82. The van der Waals surface area contributed by atoms with E-state index in [9.17, 15) is 9.59 Å². The summed E-state index contributed by atoms with van der Waals surface area (Å²) in [6, 6.07) is 26.4. The van der Waals surface area contributed by atoms with E-state index >= 15 is 0 Å². The fraction of sp³-hybridized carbons (Fsp3) is 0.154. The second kappa shape index (κ2) is 8.98. The van der Waals surface area contributed by atoms with Crippen LogP contribution in [0.25, 0.3) is 21.5 Å². The molecule has 31 heavy (non-hydrogen) atoms. The Labute approximate surface area is 181 Å². The van der Waals surface area contributed by atoms with E-state index < -0.39 is 23.9 Å². The number of fused-ring (bicyclic) bond motifs is 2. The van der Waals surface area contributed by atoms with Crippen molar-refractivity contribution >= 4 is 33.4 Å². The van der Waals surface area contributed by atoms with Crippen molar-refractivity contribution < 1.29 is 9.59 Å². The average Bonchev–Trinajstić information content (AvgIpc) is 2.78. The molecule has 0 aliphatic rings. The summed E-state index contributed by atoms with van der Waals surface area (Å²) >= 11 is 0. The van der Waals surface area contributed by atoms with E-state index in [1.54, 1.807) is 0 Å². The standard InChI is InChI=1S/C26H25N3O2/c27-23(15-17-9-11-19-5-1-3-7-21(19)13-17)26(31)29-24(25(28)30)16-18-10-12-20-6-2-4-8-22(20)14-18/h1-14,23-24H,15-16,27H2,(H2,28,30)(H,29,31)/t23-,24-/m0/s1. The van der Waals surface area contributed by atoms with Gasteiger partial charge in [-0.3, -0.25) is 9.59 Å². The van der Waals surface area contributed by atoms with Crippen molar-refractivity contribution in [3.8, 4) is 0 Å². The molecule has 4 aromatic rings. The lowest BCUT2D eigenvalue weighted by atomic mass is 9.99. The number of primary amides is 1. The third-order valence-electron chi connectivity index (χ3n) is 5.52. The van der Waals surface area contributed by atoms with Crippen LogP contribution in [0.4, 0.5) is 0 Å². The quantitative estimate of drug-likeness (QED) is 0.436. The van der Waals surface area contributed by atoms with Gasteiger partial charge in [-0.25, -0.2) is 0 Å². The van der Waals surface area contributed by atoms with E-state index in [0.29, 0.717) is 12.8 Å². The van der Waals surface area contributed by atoms with Crippen LogP contribution in [0.15, 0.2) is 84.9 Å². The van der Waals surface area contributed by atoms with Gasteiger partial charge in [0.15, 0.2) is 0 Å². The molecule has 2 amide bonds. The predicted octanol–water partition coefficient (Wildman–Crippen LogP) is 3.08. The van der Waals surface area contributed by atoms with Gasteiger partial charge < -0.3 is 16.8 Å². The van der Waals surface area contributed by atoms with Crippen LogP contribution < -0.4 is 16.8 Å². The molecule has 0 saturated heterocycles. The molecule has 0 aliphatic carbocycles. The maximum atomic E-state index is 12.7. The first kappa shape index (κ1) is 20.6. The van der Waals surface area contributed by atoms with Crippen molar-refractivity contribution in [1.29, 1.82) is 0 Å². The molecule has 0 radical (unpaired) electrons. The summed E-state index contributed by atoms with van der Waals surface area (Å²) in [5, 5.41) is 7.15. The average molecular weight is 412 g/mol. The van der Waals surface area contributed by atoms with Gasteiger partial charge in [0, 0.05) is 6.42 Å². The molecule has 2 atom stereocenters. The fourth-order valence-electron chi connectivity index (χ4n) is 3.82. The van der Waals surface area contributed by atoms with E-state index in [-0.39, 0.29) is 0 Å². The Kier molecular flexibility index (Phi) is 5.96. The smallest absolute Gasteiger partial charge is 0.240 e. The first-order chi connectivity index (χ1) is 15.0. The normalized spacial score (nSPS) is 13.1. The van der Waals surface area contributed by atoms with Crippen LogP contribution in [0.3, 0.4) is 0 Å². The zero-order valence-electron chi connectivity index (χ0n) is 17.1. The maximum absolute atomic E-state index is 12.7. The Hall–Kier alpha value is -3.70. The molecule has 0 saturated carbocycles. The highest BCUT2D eigenvalue weighted by atomic mass is 16.2. The van der Waals surface area contributed by atoms with E-state index in [0.717, 1.165) is 32.7 Å². The molecule has 156 valence electrons. The molecule has 0 heterocycles. The number of carbonyl (C=O) groups excluding carboxylic acids is 2. The summed E-state index contributed by atoms with van der Waals surface area (Å²) < 4.78 is 0. The molecule has 0 unspecified atom stereocenters. The minimum atomic E-state index is -0.823. The van der Waals surface area contributed by atoms with Gasteiger partial charge in [0.25, 0.3) is 0 Å². The van der Waals surface area contributed by atoms with Crippen molar-refractivity contribution in [3.05, 3.63) is 96.1 Å². The van der Waals surface area contributed by atoms with Crippen LogP contribution in [0.5, 0.6) is 0 Å². The molecule has 5 N–H and O–H groups in total. The van der Waals surface area contributed by atoms with Gasteiger partial charge in [0.1, 0.15) is 6.04 Å². The number of rotatable bonds is 7. The van der Waals surface area contributed by atoms with E-state index in [1.165, 1.54) is 0 Å². The van der Waals surface area contributed by atoms with Gasteiger partial charge in [0.05, 0.1) is 6.04 Å². The third-order valence-corrected chi connectivity index (χ3v) is 5.52. The molecule has 0 fully saturated rings. The zero-order chi connectivity index (χ0) is 21.8. The van der Waals surface area contributed by atoms with Gasteiger partial charge in [0.2, 0.25) is 11.8 Å². The number of nitrogens with two attached hydrogens (primary N) is 2. The number of hydrogen-bond donors (Lipinski definition) is 3. The molecule has 5 nitrogen and oxygen atoms in total. The van der Waals surface area contributed by atoms with Gasteiger partial charge in [-0.2, -0.15) is 0 Å². The highest BCUT2D eigenvalue weighted by Gasteiger charge is 2.22. The molecule has 4 aromatic carbocycles. The van der Waals surface area contributed by atoms with Crippen LogP contribution in [0.2, 0.25) is 0 Å². The minimum Gasteiger partial charge on any atom is -0.368 e. The number of amides is 2. The first-order valence-corrected chi connectivity index (χ1v) is 10.3. The topological polar surface area (TPSA) is 98.2 Å². The van der Waals surface area contributed by atoms with E-state index in [4.69, 9.17) is 11.5 Å². The number of hydrogen-bond acceptors (Lipinski definition) is 3. The van der Waals surface area contributed by atoms with Crippen LogP contribution in [-0.2, 0) is 22.4 Å². The second-order valence-corrected chi connectivity index (χ2v) is 7.84. The Morgan fingerprint density at radius 2 is 1.19 bits per heavy atom. The van der Waals surface area contributed by atoms with Crippen LogP contribution >= 0.6 is 0 Å². The van der Waals surface area contributed by atoms with Crippen molar-refractivity contribution in [2.75, 3.05) is 0 Å². The number of carbonyl (C=O) groups is 2. The Morgan fingerprint density at radius 3 is 1.71 bits per heavy atom. The van der Waals surface area contributed by atoms with E-state index in [1.807, 2.05) is 84.9 Å². The molecule has 0 aromatic heterocycles. The summed E-state index contributed by atoms with van der Waals surface area (Å²) in [7, 11) is 0. The number of benzene rings is 4. The second-order valence-electron chi connectivity index (χ2n) is 7.84. The predicted molar refractivity (Wildman–Crippen MR) is 124 cm³/mol. The lowest BCUT2D eigenvalue weighted by molar-refractivity contribution is -0.128. The molecular formula is C26H25N3O2. The van der Waals surface area contributed by atoms with E-state index in [2.05, 4.69) is 5.32 Å². The maximum Gasteiger partial charge on any atom is 0.240 e. The lowest BCUT2D eigenvalue weighted by Crippen LogP contribution is -2.51. The van der Waals surface area contributed by atoms with Crippen molar-refractivity contribution in [2.24, 2.45) is 11.5 Å². The van der Waals surface area contributed by atoms with Gasteiger partial charge >= 0.3 is 0 Å². The third kappa shape index (κ3) is 4.90. The summed E-state index contributed by atoms with van der Waals surface area (Å²) in [4.78, 5) is 24.7. The molecule has 4 rings (SSSR count). The van der Waals surface area contributed by atoms with Gasteiger partial charge in [-0.15, -0.1) is 0 Å². The number of nitrogens with one attached hydrogen (secondary N) is 1. The summed E-state index contributed by atoms with van der Waals surface area (Å²) in [5.41, 5.74) is 13.6. The SMILES string of the molecule is NC(=O)[C@H](Cc1ccc2ccccc2c1)NC(=O)[C@@H](N)Cc1ccc2ccccc2c1. The highest BCUT2D eigenvalue weighted by Crippen LogP contribution is 2.18. The van der Waals surface area contributed by atoms with Crippen molar-refractivity contribution in [2.45, 2.75) is 24.9 Å². The molecule has 5 heteroatoms. The highest BCUT2D eigenvalue weighted by molar-refractivity contribution is 5.90. The Morgan fingerprint density at radius 1 is 0.710 bits per heavy atom. The molecule has 0 bridgehead atoms. The summed E-state index contributed by atoms with van der Waals surface area (Å²) in [5.74, 6) is -0.975. The summed E-state index contributed by atoms with van der Waals surface area (Å²) in [6.45, 7) is 0. The van der Waals surface area contributed by atoms with Crippen molar-refractivity contribution in [1.82, 2.24) is 5.32 Å². The largest absolute Gasteiger partial charge is 0.368 e. The van der Waals surface area contributed by atoms with Crippen molar-refractivity contribution in [3.63, 3.8) is 0 Å². The summed E-state index contributed by atoms with van der Waals surface area (Å²) in [6.07, 6.45) is 0.687. The monoisotopic (exact) mass is 411 g/mol. The van der Waals surface area contributed by atoms with Crippen LogP contribution in [-0.4, -0.2) is 23.9 Å².